The maximum Gasteiger partial charge on any atom is 0.344 e. The Balaban J connectivity index is 1.99. The maximum atomic E-state index is 12.5. The molecule has 0 radical (unpaired) electrons. The van der Waals surface area contributed by atoms with Crippen molar-refractivity contribution < 1.29 is 28.8 Å². The summed E-state index contributed by atoms with van der Waals surface area (Å²) in [6.07, 6.45) is 4.82. The van der Waals surface area contributed by atoms with E-state index in [0.29, 0.717) is 26.1 Å². The van der Waals surface area contributed by atoms with Gasteiger partial charge in [0.25, 0.3) is 5.79 Å². The quantitative estimate of drug-likeness (QED) is 0.617. The average Bonchev–Trinajstić information content (AvgIpc) is 2.54. The van der Waals surface area contributed by atoms with Crippen LogP contribution < -0.4 is 0 Å². The van der Waals surface area contributed by atoms with Crippen LogP contribution in [0.2, 0.25) is 0 Å². The molecule has 6 nitrogen and oxygen atoms in total. The Bertz CT molecular complexity index is 450. The Kier molecular flexibility index (Phi) is 4.05. The second-order valence-corrected chi connectivity index (χ2v) is 6.40. The van der Waals surface area contributed by atoms with Crippen molar-refractivity contribution in [2.75, 3.05) is 13.2 Å². The number of ether oxygens (including phenoxy) is 4. The zero-order chi connectivity index (χ0) is 15.8. The van der Waals surface area contributed by atoms with Gasteiger partial charge in [-0.3, -0.25) is 0 Å². The molecule has 3 fully saturated rings. The zero-order valence-corrected chi connectivity index (χ0v) is 13.0. The van der Waals surface area contributed by atoms with E-state index in [1.807, 2.05) is 0 Å². The molecule has 3 rings (SSSR count). The summed E-state index contributed by atoms with van der Waals surface area (Å²) in [6, 6.07) is 0. The minimum atomic E-state index is -1.54. The number of hydrogen-bond donors (Lipinski definition) is 1. The van der Waals surface area contributed by atoms with Crippen LogP contribution in [-0.4, -0.2) is 47.6 Å². The van der Waals surface area contributed by atoms with Gasteiger partial charge in [0, 0.05) is 12.8 Å². The molecule has 1 N–H and O–H groups in total. The van der Waals surface area contributed by atoms with Crippen LogP contribution in [0, 0.1) is 0 Å². The van der Waals surface area contributed by atoms with Gasteiger partial charge in [-0.25, -0.2) is 4.79 Å². The van der Waals surface area contributed by atoms with Crippen LogP contribution in [0.3, 0.4) is 0 Å². The number of esters is 1. The standard InChI is InChI=1S/C16H24O6/c1-3-12(17)14(2)13(18)21-15(8-4-6-10-19-15)16(22-14)9-5-7-11-20-16/h3,12,17H,1,4-11H2,2H3/t12?,14-,15+,16+/m0/s1. The molecule has 124 valence electrons. The molecule has 4 atom stereocenters. The molecule has 1 unspecified atom stereocenters. The number of carbonyl (C=O) groups is 1. The molecular weight excluding hydrogens is 288 g/mol. The molecule has 0 amide bonds. The zero-order valence-electron chi connectivity index (χ0n) is 13.0. The van der Waals surface area contributed by atoms with Crippen LogP contribution in [0.25, 0.3) is 0 Å². The van der Waals surface area contributed by atoms with Crippen LogP contribution in [-0.2, 0) is 23.7 Å². The molecule has 0 aromatic heterocycles. The van der Waals surface area contributed by atoms with Gasteiger partial charge < -0.3 is 24.1 Å². The molecule has 0 aromatic rings. The van der Waals surface area contributed by atoms with Crippen molar-refractivity contribution in [2.45, 2.75) is 68.7 Å². The molecule has 3 heterocycles. The topological polar surface area (TPSA) is 74.2 Å². The third-order valence-corrected chi connectivity index (χ3v) is 4.88. The van der Waals surface area contributed by atoms with Crippen LogP contribution in [0.4, 0.5) is 0 Å². The van der Waals surface area contributed by atoms with E-state index < -0.39 is 29.2 Å². The highest BCUT2D eigenvalue weighted by Gasteiger charge is 2.68. The van der Waals surface area contributed by atoms with E-state index in [9.17, 15) is 9.90 Å². The predicted molar refractivity (Wildman–Crippen MR) is 76.9 cm³/mol. The molecule has 22 heavy (non-hydrogen) atoms. The van der Waals surface area contributed by atoms with Crippen molar-refractivity contribution in [3.63, 3.8) is 0 Å². The van der Waals surface area contributed by atoms with E-state index in [2.05, 4.69) is 6.58 Å². The van der Waals surface area contributed by atoms with E-state index in [1.54, 1.807) is 0 Å². The van der Waals surface area contributed by atoms with E-state index in [-0.39, 0.29) is 0 Å². The Labute approximate surface area is 130 Å². The number of carbonyl (C=O) groups excluding carboxylic acids is 1. The molecule has 0 bridgehead atoms. The van der Waals surface area contributed by atoms with Gasteiger partial charge in [0.1, 0.15) is 6.10 Å². The van der Waals surface area contributed by atoms with E-state index in [4.69, 9.17) is 18.9 Å². The summed E-state index contributed by atoms with van der Waals surface area (Å²) in [5, 5.41) is 10.2. The molecule has 2 spiro atoms. The van der Waals surface area contributed by atoms with Gasteiger partial charge in [-0.05, 0) is 32.6 Å². The first-order valence-electron chi connectivity index (χ1n) is 8.00. The highest BCUT2D eigenvalue weighted by atomic mass is 16.8. The fourth-order valence-electron chi connectivity index (χ4n) is 3.50. The fraction of sp³-hybridized carbons (Fsp3) is 0.812. The smallest absolute Gasteiger partial charge is 0.344 e. The first kappa shape index (κ1) is 15.9. The first-order valence-corrected chi connectivity index (χ1v) is 8.00. The van der Waals surface area contributed by atoms with Crippen LogP contribution in [0.1, 0.15) is 45.4 Å². The average molecular weight is 312 g/mol. The molecule has 3 saturated heterocycles. The third kappa shape index (κ3) is 2.21. The van der Waals surface area contributed by atoms with Crippen molar-refractivity contribution in [3.05, 3.63) is 12.7 Å². The van der Waals surface area contributed by atoms with Crippen LogP contribution in [0.5, 0.6) is 0 Å². The molecule has 3 aliphatic heterocycles. The number of aliphatic hydroxyl groups excluding tert-OH is 1. The van der Waals surface area contributed by atoms with Gasteiger partial charge in [-0.15, -0.1) is 6.58 Å². The van der Waals surface area contributed by atoms with Crippen molar-refractivity contribution in [3.8, 4) is 0 Å². The molecule has 6 heteroatoms. The molecule has 3 aliphatic rings. The van der Waals surface area contributed by atoms with Gasteiger partial charge in [-0.2, -0.15) is 0 Å². The number of rotatable bonds is 2. The Hall–Kier alpha value is -0.950. The second kappa shape index (κ2) is 5.60. The Morgan fingerprint density at radius 1 is 1.14 bits per heavy atom. The fourth-order valence-corrected chi connectivity index (χ4v) is 3.50. The van der Waals surface area contributed by atoms with Gasteiger partial charge in [0.2, 0.25) is 5.79 Å². The summed E-state index contributed by atoms with van der Waals surface area (Å²) in [5.41, 5.74) is -1.54. The lowest BCUT2D eigenvalue weighted by Gasteiger charge is -2.57. The lowest BCUT2D eigenvalue weighted by molar-refractivity contribution is -0.459. The third-order valence-electron chi connectivity index (χ3n) is 4.88. The predicted octanol–water partition coefficient (Wildman–Crippen LogP) is 1.66. The van der Waals surface area contributed by atoms with Crippen molar-refractivity contribution in [2.24, 2.45) is 0 Å². The highest BCUT2D eigenvalue weighted by Crippen LogP contribution is 2.50. The first-order chi connectivity index (χ1) is 10.5. The van der Waals surface area contributed by atoms with Crippen molar-refractivity contribution in [1.82, 2.24) is 0 Å². The largest absolute Gasteiger partial charge is 0.425 e. The molecule has 0 saturated carbocycles. The van der Waals surface area contributed by atoms with Gasteiger partial charge in [0.15, 0.2) is 5.60 Å². The SMILES string of the molecule is C=CC(O)[C@]1(C)O[C@]2(CCCCO2)[C@@]2(CCCCO2)OC1=O. The maximum absolute atomic E-state index is 12.5. The normalized spacial score (nSPS) is 43.8. The second-order valence-electron chi connectivity index (χ2n) is 6.40. The van der Waals surface area contributed by atoms with Gasteiger partial charge in [0.05, 0.1) is 13.2 Å². The summed E-state index contributed by atoms with van der Waals surface area (Å²) < 4.78 is 23.7. The van der Waals surface area contributed by atoms with Crippen molar-refractivity contribution in [1.29, 1.82) is 0 Å². The minimum Gasteiger partial charge on any atom is -0.425 e. The van der Waals surface area contributed by atoms with Crippen molar-refractivity contribution >= 4 is 5.97 Å². The summed E-state index contributed by atoms with van der Waals surface area (Å²) >= 11 is 0. The summed E-state index contributed by atoms with van der Waals surface area (Å²) in [5.74, 6) is -3.00. The van der Waals surface area contributed by atoms with Crippen LogP contribution in [0.15, 0.2) is 12.7 Å². The highest BCUT2D eigenvalue weighted by molar-refractivity contribution is 5.81. The Morgan fingerprint density at radius 2 is 1.73 bits per heavy atom. The van der Waals surface area contributed by atoms with Gasteiger partial charge >= 0.3 is 5.97 Å². The van der Waals surface area contributed by atoms with E-state index in [0.717, 1.165) is 25.7 Å². The number of aliphatic hydroxyl groups is 1. The summed E-state index contributed by atoms with van der Waals surface area (Å²) in [7, 11) is 0. The van der Waals surface area contributed by atoms with Gasteiger partial charge in [-0.1, -0.05) is 6.08 Å². The minimum absolute atomic E-state index is 0.502. The van der Waals surface area contributed by atoms with E-state index >= 15 is 0 Å². The Morgan fingerprint density at radius 3 is 2.23 bits per heavy atom. The van der Waals surface area contributed by atoms with Crippen LogP contribution >= 0.6 is 0 Å². The number of hydrogen-bond acceptors (Lipinski definition) is 6. The molecule has 0 aliphatic carbocycles. The molecular formula is C16H24O6. The summed E-state index contributed by atoms with van der Waals surface area (Å²) in [6.45, 7) is 6.07. The number of fused-ring (bicyclic) bond motifs is 1. The van der Waals surface area contributed by atoms with E-state index in [1.165, 1.54) is 13.0 Å². The lowest BCUT2D eigenvalue weighted by Crippen LogP contribution is -2.73. The monoisotopic (exact) mass is 312 g/mol. The lowest BCUT2D eigenvalue weighted by atomic mass is 9.86. The summed E-state index contributed by atoms with van der Waals surface area (Å²) in [4.78, 5) is 12.5. The molecule has 0 aromatic carbocycles.